The van der Waals surface area contributed by atoms with Gasteiger partial charge in [0.25, 0.3) is 0 Å². The molecule has 1 aliphatic rings. The molecule has 5 nitrogen and oxygen atoms in total. The molecule has 0 saturated heterocycles. The Labute approximate surface area is 103 Å². The van der Waals surface area contributed by atoms with E-state index in [2.05, 4.69) is 10.2 Å². The van der Waals surface area contributed by atoms with Crippen molar-refractivity contribution < 1.29 is 13.9 Å². The predicted octanol–water partition coefficient (Wildman–Crippen LogP) is 1.90. The van der Waals surface area contributed by atoms with E-state index in [9.17, 15) is 4.39 Å². The first-order valence-electron chi connectivity index (χ1n) is 5.57. The van der Waals surface area contributed by atoms with Crippen LogP contribution in [0.3, 0.4) is 0 Å². The molecule has 0 atom stereocenters. The lowest BCUT2D eigenvalue weighted by Gasteiger charge is -2.21. The fourth-order valence-corrected chi connectivity index (χ4v) is 1.96. The third-order valence-electron chi connectivity index (χ3n) is 2.74. The number of nitrogens with one attached hydrogen (secondary N) is 1. The first-order valence-corrected chi connectivity index (χ1v) is 5.57. The van der Waals surface area contributed by atoms with Gasteiger partial charge in [0.2, 0.25) is 0 Å². The van der Waals surface area contributed by atoms with Gasteiger partial charge < -0.3 is 15.2 Å². The van der Waals surface area contributed by atoms with Crippen molar-refractivity contribution in [3.05, 3.63) is 23.8 Å². The number of benzene rings is 1. The second kappa shape index (κ2) is 4.21. The van der Waals surface area contributed by atoms with Crippen molar-refractivity contribution in [2.45, 2.75) is 6.67 Å². The molecule has 3 N–H and O–H groups in total. The van der Waals surface area contributed by atoms with Crippen molar-refractivity contribution in [1.82, 2.24) is 10.2 Å². The van der Waals surface area contributed by atoms with E-state index in [0.29, 0.717) is 47.4 Å². The van der Waals surface area contributed by atoms with Gasteiger partial charge in [0.05, 0.1) is 5.69 Å². The average Bonchev–Trinajstić information content (AvgIpc) is 2.84. The zero-order valence-corrected chi connectivity index (χ0v) is 9.57. The summed E-state index contributed by atoms with van der Waals surface area (Å²) in [6, 6.07) is 5.04. The molecule has 3 rings (SSSR count). The lowest BCUT2D eigenvalue weighted by atomic mass is 10.1. The molecule has 6 heteroatoms. The minimum Gasteiger partial charge on any atom is -0.486 e. The van der Waals surface area contributed by atoms with E-state index in [1.807, 2.05) is 0 Å². The van der Waals surface area contributed by atoms with E-state index in [1.54, 1.807) is 18.2 Å². The van der Waals surface area contributed by atoms with E-state index in [1.165, 1.54) is 0 Å². The lowest BCUT2D eigenvalue weighted by molar-refractivity contribution is 0.172. The van der Waals surface area contributed by atoms with E-state index < -0.39 is 6.67 Å². The van der Waals surface area contributed by atoms with Crippen LogP contribution in [0.15, 0.2) is 18.2 Å². The van der Waals surface area contributed by atoms with Gasteiger partial charge in [0, 0.05) is 11.6 Å². The summed E-state index contributed by atoms with van der Waals surface area (Å²) in [6.07, 6.45) is 0. The van der Waals surface area contributed by atoms with Crippen molar-refractivity contribution >= 4 is 5.82 Å². The Morgan fingerprint density at radius 2 is 2.11 bits per heavy atom. The fourth-order valence-electron chi connectivity index (χ4n) is 1.96. The Balaban J connectivity index is 2.17. The molecule has 0 fully saturated rings. The average molecular weight is 249 g/mol. The first-order chi connectivity index (χ1) is 8.78. The molecule has 0 spiro atoms. The van der Waals surface area contributed by atoms with Gasteiger partial charge >= 0.3 is 0 Å². The Bertz CT molecular complexity index is 583. The number of rotatable bonds is 2. The molecule has 1 aliphatic heterocycles. The number of ether oxygens (including phenoxy) is 2. The van der Waals surface area contributed by atoms with Crippen LogP contribution >= 0.6 is 0 Å². The van der Waals surface area contributed by atoms with E-state index in [-0.39, 0.29) is 0 Å². The molecule has 1 aromatic heterocycles. The van der Waals surface area contributed by atoms with Gasteiger partial charge in [-0.3, -0.25) is 5.10 Å². The van der Waals surface area contributed by atoms with Crippen molar-refractivity contribution in [2.24, 2.45) is 0 Å². The second-order valence-electron chi connectivity index (χ2n) is 4.01. The number of hydrogen-bond donors (Lipinski definition) is 2. The Morgan fingerprint density at radius 3 is 2.83 bits per heavy atom. The number of fused-ring (bicyclic) bond motifs is 1. The summed E-state index contributed by atoms with van der Waals surface area (Å²) in [5, 5.41) is 6.65. The summed E-state index contributed by atoms with van der Waals surface area (Å²) in [7, 11) is 0. The van der Waals surface area contributed by atoms with Gasteiger partial charge in [-0.25, -0.2) is 4.39 Å². The number of nitrogens with zero attached hydrogens (tertiary/aromatic N) is 1. The molecule has 0 amide bonds. The largest absolute Gasteiger partial charge is 0.486 e. The second-order valence-corrected chi connectivity index (χ2v) is 4.01. The van der Waals surface area contributed by atoms with Crippen molar-refractivity contribution in [3.63, 3.8) is 0 Å². The highest BCUT2D eigenvalue weighted by Gasteiger charge is 2.19. The van der Waals surface area contributed by atoms with Gasteiger partial charge in [-0.2, -0.15) is 5.10 Å². The molecular formula is C12H12FN3O2. The van der Waals surface area contributed by atoms with E-state index in [4.69, 9.17) is 15.2 Å². The Hall–Kier alpha value is -2.24. The van der Waals surface area contributed by atoms with Crippen LogP contribution in [0, 0.1) is 0 Å². The third-order valence-corrected chi connectivity index (χ3v) is 2.74. The van der Waals surface area contributed by atoms with Crippen LogP contribution in [0.25, 0.3) is 11.3 Å². The molecule has 0 unspecified atom stereocenters. The number of hydrogen-bond acceptors (Lipinski definition) is 4. The molecule has 1 aromatic carbocycles. The van der Waals surface area contributed by atoms with Crippen LogP contribution < -0.4 is 15.2 Å². The SMILES string of the molecule is Nc1cc(-c2cc(CF)cc3c2OCCO3)[nH]n1. The van der Waals surface area contributed by atoms with Crippen LogP contribution in [0.2, 0.25) is 0 Å². The molecule has 94 valence electrons. The maximum Gasteiger partial charge on any atom is 0.170 e. The zero-order chi connectivity index (χ0) is 12.5. The number of nitrogens with two attached hydrogens (primary N) is 1. The van der Waals surface area contributed by atoms with Gasteiger partial charge in [-0.1, -0.05) is 0 Å². The molecule has 0 bridgehead atoms. The maximum atomic E-state index is 12.8. The summed E-state index contributed by atoms with van der Waals surface area (Å²) < 4.78 is 23.9. The molecule has 0 radical (unpaired) electrons. The molecule has 0 aliphatic carbocycles. The van der Waals surface area contributed by atoms with E-state index >= 15 is 0 Å². The summed E-state index contributed by atoms with van der Waals surface area (Å²) in [5.74, 6) is 1.53. The monoisotopic (exact) mass is 249 g/mol. The first kappa shape index (κ1) is 10.9. The number of nitrogen functional groups attached to an aromatic ring is 1. The standard InChI is InChI=1S/C12H12FN3O2/c13-6-7-3-8(9-5-11(14)16-15-9)12-10(4-7)17-1-2-18-12/h3-5H,1-2,6H2,(H3,14,15,16). The Morgan fingerprint density at radius 1 is 1.28 bits per heavy atom. The number of aromatic amines is 1. The number of halogens is 1. The van der Waals surface area contributed by atoms with Gasteiger partial charge in [0.1, 0.15) is 25.7 Å². The number of alkyl halides is 1. The molecule has 2 heterocycles. The fraction of sp³-hybridized carbons (Fsp3) is 0.250. The van der Waals surface area contributed by atoms with Crippen LogP contribution in [0.5, 0.6) is 11.5 Å². The summed E-state index contributed by atoms with van der Waals surface area (Å²) in [4.78, 5) is 0. The minimum atomic E-state index is -0.562. The number of H-pyrrole nitrogens is 1. The summed E-state index contributed by atoms with van der Waals surface area (Å²) >= 11 is 0. The van der Waals surface area contributed by atoms with Crippen LogP contribution in [0.1, 0.15) is 5.56 Å². The Kier molecular flexibility index (Phi) is 2.55. The summed E-state index contributed by atoms with van der Waals surface area (Å²) in [6.45, 7) is 0.374. The zero-order valence-electron chi connectivity index (χ0n) is 9.57. The quantitative estimate of drug-likeness (QED) is 0.852. The molecule has 0 saturated carbocycles. The van der Waals surface area contributed by atoms with Gasteiger partial charge in [-0.15, -0.1) is 0 Å². The smallest absolute Gasteiger partial charge is 0.170 e. The third kappa shape index (κ3) is 1.75. The summed E-state index contributed by atoms with van der Waals surface area (Å²) in [5.41, 5.74) is 7.50. The lowest BCUT2D eigenvalue weighted by Crippen LogP contribution is -2.16. The van der Waals surface area contributed by atoms with Gasteiger partial charge in [0.15, 0.2) is 11.5 Å². The maximum absolute atomic E-state index is 12.8. The van der Waals surface area contributed by atoms with Crippen LogP contribution in [-0.2, 0) is 6.67 Å². The van der Waals surface area contributed by atoms with Crippen molar-refractivity contribution in [1.29, 1.82) is 0 Å². The molecular weight excluding hydrogens is 237 g/mol. The normalized spacial score (nSPS) is 13.6. The highest BCUT2D eigenvalue weighted by molar-refractivity contribution is 5.73. The number of anilines is 1. The molecule has 18 heavy (non-hydrogen) atoms. The van der Waals surface area contributed by atoms with Crippen LogP contribution in [0.4, 0.5) is 10.2 Å². The molecule has 2 aromatic rings. The van der Waals surface area contributed by atoms with Crippen molar-refractivity contribution in [2.75, 3.05) is 18.9 Å². The van der Waals surface area contributed by atoms with Crippen molar-refractivity contribution in [3.8, 4) is 22.8 Å². The number of aromatic nitrogens is 2. The topological polar surface area (TPSA) is 73.2 Å². The van der Waals surface area contributed by atoms with E-state index in [0.717, 1.165) is 0 Å². The highest BCUT2D eigenvalue weighted by Crippen LogP contribution is 2.40. The van der Waals surface area contributed by atoms with Crippen LogP contribution in [-0.4, -0.2) is 23.4 Å². The van der Waals surface area contributed by atoms with Gasteiger partial charge in [-0.05, 0) is 17.7 Å². The minimum absolute atomic E-state index is 0.376. The predicted molar refractivity (Wildman–Crippen MR) is 64.2 cm³/mol. The highest BCUT2D eigenvalue weighted by atomic mass is 19.1.